The highest BCUT2D eigenvalue weighted by Gasteiger charge is 2.29. The van der Waals surface area contributed by atoms with Crippen LogP contribution in [0.4, 0.5) is 11.4 Å². The lowest BCUT2D eigenvalue weighted by atomic mass is 10.2. The molecule has 0 N–H and O–H groups in total. The summed E-state index contributed by atoms with van der Waals surface area (Å²) >= 11 is 6.20. The maximum absolute atomic E-state index is 12.9. The molecular formula is C19H21ClN3O3S-. The first kappa shape index (κ1) is 18.9. The summed E-state index contributed by atoms with van der Waals surface area (Å²) in [6.07, 6.45) is 0.676. The van der Waals surface area contributed by atoms with Gasteiger partial charge in [0.05, 0.1) is 51.6 Å². The summed E-state index contributed by atoms with van der Waals surface area (Å²) in [7, 11) is -1.25. The maximum Gasteiger partial charge on any atom is 0.0904 e. The number of hydroxylamine groups is 5. The van der Waals surface area contributed by atoms with Crippen LogP contribution in [0.15, 0.2) is 52.3 Å². The predicted octanol–water partition coefficient (Wildman–Crippen LogP) is 3.48. The fraction of sp³-hybridized carbons (Fsp3) is 0.368. The summed E-state index contributed by atoms with van der Waals surface area (Å²) in [6.45, 7) is 2.37. The Hall–Kier alpha value is -1.48. The molecular weight excluding hydrogens is 386 g/mol. The van der Waals surface area contributed by atoms with Crippen molar-refractivity contribution in [1.82, 2.24) is 5.06 Å². The summed E-state index contributed by atoms with van der Waals surface area (Å²) < 4.78 is 12.6. The van der Waals surface area contributed by atoms with Crippen molar-refractivity contribution >= 4 is 33.8 Å². The van der Waals surface area contributed by atoms with Crippen molar-refractivity contribution in [2.24, 2.45) is 0 Å². The Morgan fingerprint density at radius 3 is 2.56 bits per heavy atom. The Labute approximate surface area is 166 Å². The molecule has 2 aliphatic heterocycles. The minimum atomic E-state index is -1.25. The third kappa shape index (κ3) is 3.76. The first-order chi connectivity index (χ1) is 13.0. The highest BCUT2D eigenvalue weighted by atomic mass is 35.5. The van der Waals surface area contributed by atoms with E-state index in [2.05, 4.69) is 4.90 Å². The SMILES string of the molecule is O=S1c2ccccc2N(CCC[N+]2([O-])CCN([O-])CC2)c2cc(Cl)ccc21. The van der Waals surface area contributed by atoms with Crippen molar-refractivity contribution in [3.05, 3.63) is 57.9 Å². The summed E-state index contributed by atoms with van der Waals surface area (Å²) in [5, 5.41) is 25.7. The minimum absolute atomic E-state index is 0.299. The van der Waals surface area contributed by atoms with Crippen molar-refractivity contribution in [3.8, 4) is 0 Å². The Morgan fingerprint density at radius 2 is 1.78 bits per heavy atom. The Bertz CT molecular complexity index is 871. The van der Waals surface area contributed by atoms with Crippen LogP contribution in [0.2, 0.25) is 5.02 Å². The van der Waals surface area contributed by atoms with Gasteiger partial charge in [0, 0.05) is 31.1 Å². The van der Waals surface area contributed by atoms with E-state index in [0.717, 1.165) is 26.2 Å². The van der Waals surface area contributed by atoms with Gasteiger partial charge in [-0.15, -0.1) is 0 Å². The molecule has 27 heavy (non-hydrogen) atoms. The Balaban J connectivity index is 1.56. The summed E-state index contributed by atoms with van der Waals surface area (Å²) in [5.74, 6) is 0. The zero-order valence-corrected chi connectivity index (χ0v) is 16.4. The van der Waals surface area contributed by atoms with Gasteiger partial charge in [0.1, 0.15) is 0 Å². The fourth-order valence-electron chi connectivity index (χ4n) is 3.74. The number of rotatable bonds is 4. The molecule has 6 nitrogen and oxygen atoms in total. The minimum Gasteiger partial charge on any atom is -0.785 e. The molecule has 0 radical (unpaired) electrons. The number of nitrogens with zero attached hydrogens (tertiary/aromatic N) is 3. The second kappa shape index (κ2) is 7.50. The highest BCUT2D eigenvalue weighted by molar-refractivity contribution is 7.85. The lowest BCUT2D eigenvalue weighted by Gasteiger charge is -2.50. The second-order valence-electron chi connectivity index (χ2n) is 7.01. The molecule has 0 saturated carbocycles. The number of para-hydroxylation sites is 1. The van der Waals surface area contributed by atoms with Crippen LogP contribution in [0.3, 0.4) is 0 Å². The molecule has 0 amide bonds. The number of fused-ring (bicyclic) bond motifs is 2. The zero-order chi connectivity index (χ0) is 19.0. The fourth-order valence-corrected chi connectivity index (χ4v) is 5.26. The van der Waals surface area contributed by atoms with Gasteiger partial charge in [0.25, 0.3) is 0 Å². The summed E-state index contributed by atoms with van der Waals surface area (Å²) in [4.78, 5) is 3.62. The van der Waals surface area contributed by atoms with Crippen molar-refractivity contribution in [3.63, 3.8) is 0 Å². The number of halogens is 1. The molecule has 8 heteroatoms. The second-order valence-corrected chi connectivity index (χ2v) is 8.87. The van der Waals surface area contributed by atoms with Crippen molar-refractivity contribution in [2.45, 2.75) is 16.2 Å². The van der Waals surface area contributed by atoms with Gasteiger partial charge in [-0.05, 0) is 30.3 Å². The van der Waals surface area contributed by atoms with Crippen LogP contribution >= 0.6 is 11.6 Å². The van der Waals surface area contributed by atoms with E-state index in [0.29, 0.717) is 50.7 Å². The first-order valence-electron chi connectivity index (χ1n) is 9.04. The first-order valence-corrected chi connectivity index (χ1v) is 10.6. The van der Waals surface area contributed by atoms with Crippen LogP contribution in [0.5, 0.6) is 0 Å². The van der Waals surface area contributed by atoms with Crippen LogP contribution in [-0.2, 0) is 10.8 Å². The lowest BCUT2D eigenvalue weighted by Crippen LogP contribution is -2.55. The van der Waals surface area contributed by atoms with Gasteiger partial charge >= 0.3 is 0 Å². The number of benzene rings is 2. The van der Waals surface area contributed by atoms with Gasteiger partial charge in [-0.2, -0.15) is 0 Å². The Kier molecular flexibility index (Phi) is 5.24. The average Bonchev–Trinajstić information content (AvgIpc) is 2.67. The van der Waals surface area contributed by atoms with Crippen molar-refractivity contribution < 1.29 is 8.86 Å². The van der Waals surface area contributed by atoms with Crippen LogP contribution < -0.4 is 4.90 Å². The monoisotopic (exact) mass is 406 g/mol. The third-order valence-corrected chi connectivity index (χ3v) is 6.95. The normalized spacial score (nSPS) is 21.6. The molecule has 1 fully saturated rings. The van der Waals surface area contributed by atoms with Crippen molar-refractivity contribution in [1.29, 1.82) is 0 Å². The van der Waals surface area contributed by atoms with E-state index < -0.39 is 10.8 Å². The molecule has 2 aromatic carbocycles. The van der Waals surface area contributed by atoms with Crippen LogP contribution in [0.25, 0.3) is 0 Å². The number of piperazine rings is 1. The van der Waals surface area contributed by atoms with Crippen LogP contribution in [0.1, 0.15) is 6.42 Å². The molecule has 1 saturated heterocycles. The molecule has 1 atom stereocenters. The van der Waals surface area contributed by atoms with E-state index >= 15 is 0 Å². The van der Waals surface area contributed by atoms with Gasteiger partial charge in [0.15, 0.2) is 0 Å². The topological polar surface area (TPSA) is 69.7 Å². The van der Waals surface area contributed by atoms with Gasteiger partial charge in [-0.25, -0.2) is 4.21 Å². The van der Waals surface area contributed by atoms with Crippen LogP contribution in [-0.4, -0.2) is 53.2 Å². The molecule has 0 spiro atoms. The Morgan fingerprint density at radius 1 is 1.07 bits per heavy atom. The smallest absolute Gasteiger partial charge is 0.0904 e. The van der Waals surface area contributed by atoms with Gasteiger partial charge in [-0.1, -0.05) is 23.7 Å². The number of hydrogen-bond acceptors (Lipinski definition) is 5. The number of hydrogen-bond donors (Lipinski definition) is 0. The number of anilines is 2. The van der Waals surface area contributed by atoms with E-state index in [1.807, 2.05) is 36.4 Å². The quantitative estimate of drug-likeness (QED) is 0.574. The molecule has 2 aromatic rings. The molecule has 4 rings (SSSR count). The molecule has 0 bridgehead atoms. The molecule has 1 unspecified atom stereocenters. The van der Waals surface area contributed by atoms with Gasteiger partial charge < -0.3 is 25.0 Å². The third-order valence-electron chi connectivity index (χ3n) is 5.23. The molecule has 144 valence electrons. The molecule has 0 aromatic heterocycles. The predicted molar refractivity (Wildman–Crippen MR) is 107 cm³/mol. The van der Waals surface area contributed by atoms with Crippen molar-refractivity contribution in [2.75, 3.05) is 44.2 Å². The van der Waals surface area contributed by atoms with E-state index in [9.17, 15) is 14.6 Å². The summed E-state index contributed by atoms with van der Waals surface area (Å²) in [5.41, 5.74) is 1.73. The van der Waals surface area contributed by atoms with Gasteiger partial charge in [0.2, 0.25) is 0 Å². The zero-order valence-electron chi connectivity index (χ0n) is 14.8. The largest absolute Gasteiger partial charge is 0.785 e. The highest BCUT2D eigenvalue weighted by Crippen LogP contribution is 2.42. The average molecular weight is 407 g/mol. The molecule has 2 heterocycles. The summed E-state index contributed by atoms with van der Waals surface area (Å²) in [6, 6.07) is 13.0. The van der Waals surface area contributed by atoms with Gasteiger partial charge in [-0.3, -0.25) is 0 Å². The number of quaternary nitrogens is 1. The van der Waals surface area contributed by atoms with E-state index in [-0.39, 0.29) is 4.65 Å². The van der Waals surface area contributed by atoms with E-state index in [1.54, 1.807) is 6.07 Å². The van der Waals surface area contributed by atoms with Crippen LogP contribution in [0, 0.1) is 10.4 Å². The van der Waals surface area contributed by atoms with E-state index in [1.165, 1.54) is 0 Å². The molecule has 2 aliphatic rings. The lowest BCUT2D eigenvalue weighted by molar-refractivity contribution is -0.884. The standard InChI is InChI=1S/C19H21ClN3O3S/c20-15-6-7-19-17(14-15)22(16-4-1-2-5-18(16)27(19)26)8-3-11-23(25)12-9-21(24)10-13-23/h1-2,4-7,14H,3,8-13H2/q-1. The van der Waals surface area contributed by atoms with E-state index in [4.69, 9.17) is 11.6 Å². The maximum atomic E-state index is 12.9. The molecule has 0 aliphatic carbocycles.